The molecule has 3 nitrogen and oxygen atoms in total. The van der Waals surface area contributed by atoms with Crippen LogP contribution in [0.1, 0.15) is 31.6 Å². The molecule has 1 aromatic rings. The molecule has 1 aliphatic rings. The number of aromatic nitrogens is 1. The number of nitrogens with one attached hydrogen (secondary N) is 1. The maximum absolute atomic E-state index is 4.52. The van der Waals surface area contributed by atoms with Gasteiger partial charge >= 0.3 is 0 Å². The molecule has 0 bridgehead atoms. The first-order valence-electron chi connectivity index (χ1n) is 6.23. The van der Waals surface area contributed by atoms with E-state index in [1.54, 1.807) is 0 Å². The third-order valence-electron chi connectivity index (χ3n) is 3.22. The van der Waals surface area contributed by atoms with Crippen LogP contribution in [-0.2, 0) is 6.54 Å². The highest BCUT2D eigenvalue weighted by molar-refractivity contribution is 7.15. The summed E-state index contributed by atoms with van der Waals surface area (Å²) in [7, 11) is 0. The van der Waals surface area contributed by atoms with Gasteiger partial charge in [-0.2, -0.15) is 0 Å². The Bertz CT molecular complexity index is 324. The van der Waals surface area contributed by atoms with Crippen molar-refractivity contribution in [3.63, 3.8) is 0 Å². The lowest BCUT2D eigenvalue weighted by Gasteiger charge is -2.13. The van der Waals surface area contributed by atoms with Crippen molar-refractivity contribution < 1.29 is 0 Å². The largest absolute Gasteiger partial charge is 0.348 e. The summed E-state index contributed by atoms with van der Waals surface area (Å²) in [5.41, 5.74) is 0. The first-order chi connectivity index (χ1) is 7.83. The Morgan fingerprint density at radius 2 is 2.44 bits per heavy atom. The van der Waals surface area contributed by atoms with Gasteiger partial charge in [-0.05, 0) is 18.9 Å². The zero-order valence-corrected chi connectivity index (χ0v) is 11.0. The predicted octanol–water partition coefficient (Wildman–Crippen LogP) is 2.49. The van der Waals surface area contributed by atoms with E-state index in [1.807, 2.05) is 17.5 Å². The van der Waals surface area contributed by atoms with E-state index in [4.69, 9.17) is 0 Å². The summed E-state index contributed by atoms with van der Waals surface area (Å²) in [5.74, 6) is 0.876. The Labute approximate surface area is 102 Å². The van der Waals surface area contributed by atoms with Crippen LogP contribution in [0.15, 0.2) is 6.20 Å². The highest BCUT2D eigenvalue weighted by atomic mass is 32.1. The third kappa shape index (κ3) is 2.74. The van der Waals surface area contributed by atoms with Crippen molar-refractivity contribution in [2.24, 2.45) is 5.92 Å². The molecule has 2 heterocycles. The molecule has 1 unspecified atom stereocenters. The molecule has 1 fully saturated rings. The smallest absolute Gasteiger partial charge is 0.185 e. The lowest BCUT2D eigenvalue weighted by atomic mass is 10.1. The maximum atomic E-state index is 4.52. The molecule has 4 heteroatoms. The van der Waals surface area contributed by atoms with Crippen molar-refractivity contribution >= 4 is 16.5 Å². The van der Waals surface area contributed by atoms with Gasteiger partial charge < -0.3 is 10.2 Å². The zero-order chi connectivity index (χ0) is 11.4. The van der Waals surface area contributed by atoms with Crippen LogP contribution in [0.4, 0.5) is 5.13 Å². The molecule has 2 rings (SSSR count). The summed E-state index contributed by atoms with van der Waals surface area (Å²) in [5, 5.41) is 4.55. The van der Waals surface area contributed by atoms with Crippen LogP contribution in [0.3, 0.4) is 0 Å². The lowest BCUT2D eigenvalue weighted by molar-refractivity contribution is 0.569. The van der Waals surface area contributed by atoms with E-state index in [0.717, 1.165) is 19.0 Å². The Hall–Kier alpha value is -0.610. The average Bonchev–Trinajstić information content (AvgIpc) is 2.94. The van der Waals surface area contributed by atoms with Crippen LogP contribution in [0.25, 0.3) is 0 Å². The standard InChI is InChI=1S/C12H21N3S/c1-3-10-5-6-15(9-10)12-14-8-11(16-12)7-13-4-2/h8,10,13H,3-7,9H2,1-2H3. The van der Waals surface area contributed by atoms with Gasteiger partial charge in [-0.25, -0.2) is 4.98 Å². The van der Waals surface area contributed by atoms with Crippen LogP contribution in [0.2, 0.25) is 0 Å². The highest BCUT2D eigenvalue weighted by Gasteiger charge is 2.22. The van der Waals surface area contributed by atoms with Crippen LogP contribution >= 0.6 is 11.3 Å². The van der Waals surface area contributed by atoms with Crippen LogP contribution in [0.5, 0.6) is 0 Å². The van der Waals surface area contributed by atoms with Gasteiger partial charge in [-0.1, -0.05) is 20.3 Å². The van der Waals surface area contributed by atoms with Gasteiger partial charge in [-0.15, -0.1) is 11.3 Å². The van der Waals surface area contributed by atoms with E-state index >= 15 is 0 Å². The summed E-state index contributed by atoms with van der Waals surface area (Å²) in [4.78, 5) is 8.31. The maximum Gasteiger partial charge on any atom is 0.185 e. The van der Waals surface area contributed by atoms with Crippen molar-refractivity contribution in [1.29, 1.82) is 0 Å². The van der Waals surface area contributed by atoms with E-state index < -0.39 is 0 Å². The molecule has 1 atom stereocenters. The lowest BCUT2D eigenvalue weighted by Crippen LogP contribution is -2.18. The minimum Gasteiger partial charge on any atom is -0.348 e. The third-order valence-corrected chi connectivity index (χ3v) is 4.28. The van der Waals surface area contributed by atoms with E-state index in [9.17, 15) is 0 Å². The molecule has 1 aliphatic heterocycles. The summed E-state index contributed by atoms with van der Waals surface area (Å²) >= 11 is 1.83. The summed E-state index contributed by atoms with van der Waals surface area (Å²) in [6.07, 6.45) is 4.65. The van der Waals surface area contributed by atoms with E-state index in [2.05, 4.69) is 29.0 Å². The normalized spacial score (nSPS) is 20.6. The Balaban J connectivity index is 1.92. The van der Waals surface area contributed by atoms with Gasteiger partial charge in [0.15, 0.2) is 5.13 Å². The highest BCUT2D eigenvalue weighted by Crippen LogP contribution is 2.28. The predicted molar refractivity (Wildman–Crippen MR) is 70.1 cm³/mol. The Morgan fingerprint density at radius 3 is 3.12 bits per heavy atom. The molecular weight excluding hydrogens is 218 g/mol. The van der Waals surface area contributed by atoms with Gasteiger partial charge in [0, 0.05) is 30.7 Å². The minimum atomic E-state index is 0.876. The molecule has 0 amide bonds. The molecule has 1 aromatic heterocycles. The van der Waals surface area contributed by atoms with Gasteiger partial charge in [0.05, 0.1) is 0 Å². The molecule has 0 radical (unpaired) electrons. The summed E-state index contributed by atoms with van der Waals surface area (Å²) in [6.45, 7) is 8.78. The van der Waals surface area contributed by atoms with Crippen molar-refractivity contribution in [3.05, 3.63) is 11.1 Å². The molecule has 16 heavy (non-hydrogen) atoms. The molecule has 90 valence electrons. The fourth-order valence-corrected chi connectivity index (χ4v) is 3.03. The summed E-state index contributed by atoms with van der Waals surface area (Å²) < 4.78 is 0. The van der Waals surface area contributed by atoms with Crippen molar-refractivity contribution in [1.82, 2.24) is 10.3 Å². The van der Waals surface area contributed by atoms with E-state index in [-0.39, 0.29) is 0 Å². The average molecular weight is 239 g/mol. The van der Waals surface area contributed by atoms with Crippen LogP contribution in [-0.4, -0.2) is 24.6 Å². The van der Waals surface area contributed by atoms with Crippen molar-refractivity contribution in [3.8, 4) is 0 Å². The van der Waals surface area contributed by atoms with E-state index in [1.165, 1.54) is 35.9 Å². The van der Waals surface area contributed by atoms with Gasteiger partial charge in [-0.3, -0.25) is 0 Å². The monoisotopic (exact) mass is 239 g/mol. The number of hydrogen-bond acceptors (Lipinski definition) is 4. The van der Waals surface area contributed by atoms with Gasteiger partial charge in [0.25, 0.3) is 0 Å². The summed E-state index contributed by atoms with van der Waals surface area (Å²) in [6, 6.07) is 0. The molecule has 1 N–H and O–H groups in total. The second kappa shape index (κ2) is 5.64. The number of rotatable bonds is 5. The number of nitrogens with zero attached hydrogens (tertiary/aromatic N) is 2. The SMILES string of the molecule is CCNCc1cnc(N2CCC(CC)C2)s1. The molecule has 0 spiro atoms. The van der Waals surface area contributed by atoms with Gasteiger partial charge in [0.2, 0.25) is 0 Å². The topological polar surface area (TPSA) is 28.2 Å². The molecular formula is C12H21N3S. The fourth-order valence-electron chi connectivity index (χ4n) is 2.11. The van der Waals surface area contributed by atoms with Crippen molar-refractivity contribution in [2.75, 3.05) is 24.5 Å². The first-order valence-corrected chi connectivity index (χ1v) is 7.05. The van der Waals surface area contributed by atoms with Gasteiger partial charge in [0.1, 0.15) is 0 Å². The second-order valence-corrected chi connectivity index (χ2v) is 5.49. The quantitative estimate of drug-likeness (QED) is 0.855. The fraction of sp³-hybridized carbons (Fsp3) is 0.750. The number of hydrogen-bond donors (Lipinski definition) is 1. The molecule has 0 aromatic carbocycles. The Kier molecular flexibility index (Phi) is 4.18. The number of anilines is 1. The molecule has 1 saturated heterocycles. The minimum absolute atomic E-state index is 0.876. The zero-order valence-electron chi connectivity index (χ0n) is 10.2. The van der Waals surface area contributed by atoms with Crippen molar-refractivity contribution in [2.45, 2.75) is 33.2 Å². The molecule has 0 aliphatic carbocycles. The van der Waals surface area contributed by atoms with Crippen LogP contribution in [0, 0.1) is 5.92 Å². The number of thiazole rings is 1. The van der Waals surface area contributed by atoms with Crippen LogP contribution < -0.4 is 10.2 Å². The molecule has 0 saturated carbocycles. The Morgan fingerprint density at radius 1 is 1.56 bits per heavy atom. The van der Waals surface area contributed by atoms with E-state index in [0.29, 0.717) is 0 Å². The second-order valence-electron chi connectivity index (χ2n) is 4.40. The first kappa shape index (κ1) is 11.9.